The first-order valence-electron chi connectivity index (χ1n) is 12.0. The fourth-order valence-corrected chi connectivity index (χ4v) is 8.21. The number of rotatable bonds is 4. The lowest BCUT2D eigenvalue weighted by molar-refractivity contribution is 0.0985. The smallest absolute Gasteiger partial charge is 0.162 e. The molecule has 5 heterocycles. The second-order valence-electron chi connectivity index (χ2n) is 9.80. The first kappa shape index (κ1) is 22.2. The van der Waals surface area contributed by atoms with Crippen molar-refractivity contribution in [3.63, 3.8) is 0 Å². The number of aromatic nitrogens is 4. The van der Waals surface area contributed by atoms with Gasteiger partial charge in [-0.15, -0.1) is 0 Å². The van der Waals surface area contributed by atoms with Crippen LogP contribution in [0.3, 0.4) is 0 Å². The number of fused-ring (bicyclic) bond motifs is 1. The van der Waals surface area contributed by atoms with Gasteiger partial charge in [0, 0.05) is 35.5 Å². The summed E-state index contributed by atoms with van der Waals surface area (Å²) in [5.41, 5.74) is 2.31. The van der Waals surface area contributed by atoms with Gasteiger partial charge in [0.2, 0.25) is 0 Å². The zero-order valence-corrected chi connectivity index (χ0v) is 21.0. The molecule has 0 amide bonds. The Kier molecular flexibility index (Phi) is 5.35. The van der Waals surface area contributed by atoms with Gasteiger partial charge in [0.1, 0.15) is 16.6 Å². The third-order valence-electron chi connectivity index (χ3n) is 7.30. The number of anilines is 1. The minimum atomic E-state index is -2.44. The van der Waals surface area contributed by atoms with Gasteiger partial charge in [0.15, 0.2) is 5.82 Å². The van der Waals surface area contributed by atoms with Crippen molar-refractivity contribution in [1.82, 2.24) is 19.9 Å². The van der Waals surface area contributed by atoms with Crippen LogP contribution in [0.15, 0.2) is 28.8 Å². The molecule has 1 aliphatic carbocycles. The van der Waals surface area contributed by atoms with Gasteiger partial charge in [-0.1, -0.05) is 11.6 Å². The van der Waals surface area contributed by atoms with E-state index in [2.05, 4.69) is 28.7 Å². The molecule has 0 radical (unpaired) electrons. The van der Waals surface area contributed by atoms with Crippen molar-refractivity contribution in [1.29, 1.82) is 0 Å². The van der Waals surface area contributed by atoms with Gasteiger partial charge in [0.05, 0.1) is 45.5 Å². The minimum absolute atomic E-state index is 0.176. The molecule has 2 aliphatic heterocycles. The zero-order chi connectivity index (χ0) is 23.5. The van der Waals surface area contributed by atoms with E-state index in [1.165, 1.54) is 0 Å². The molecule has 10 heteroatoms. The predicted molar refractivity (Wildman–Crippen MR) is 135 cm³/mol. The summed E-state index contributed by atoms with van der Waals surface area (Å²) in [6, 6.07) is 6.23. The van der Waals surface area contributed by atoms with Crippen LogP contribution in [0.25, 0.3) is 22.4 Å². The largest absolute Gasteiger partial charge is 0.377 e. The van der Waals surface area contributed by atoms with Crippen LogP contribution in [-0.4, -0.2) is 61.7 Å². The highest BCUT2D eigenvalue weighted by Crippen LogP contribution is 2.45. The Hall–Kier alpha value is -2.23. The second kappa shape index (κ2) is 8.17. The van der Waals surface area contributed by atoms with Crippen molar-refractivity contribution < 1.29 is 8.95 Å². The number of aromatic amines is 1. The van der Waals surface area contributed by atoms with Crippen LogP contribution in [0.5, 0.6) is 0 Å². The number of H-pyrrole nitrogens is 1. The first-order chi connectivity index (χ1) is 16.4. The van der Waals surface area contributed by atoms with Crippen LogP contribution in [0.2, 0.25) is 5.15 Å². The van der Waals surface area contributed by atoms with Gasteiger partial charge < -0.3 is 14.6 Å². The van der Waals surface area contributed by atoms with Gasteiger partial charge in [-0.2, -0.15) is 0 Å². The quantitative estimate of drug-likeness (QED) is 0.528. The highest BCUT2D eigenvalue weighted by atomic mass is 35.5. The molecule has 0 bridgehead atoms. The van der Waals surface area contributed by atoms with Crippen molar-refractivity contribution in [2.45, 2.75) is 56.4 Å². The Balaban J connectivity index is 1.57. The number of nitrogens with one attached hydrogen (secondary N) is 1. The van der Waals surface area contributed by atoms with Crippen molar-refractivity contribution in [3.8, 4) is 11.4 Å². The van der Waals surface area contributed by atoms with Crippen molar-refractivity contribution in [3.05, 3.63) is 35.2 Å². The monoisotopic (exact) mass is 500 g/mol. The number of nitrogens with zero attached hydrogens (tertiary/aromatic N) is 5. The van der Waals surface area contributed by atoms with Crippen LogP contribution in [0.1, 0.15) is 45.2 Å². The normalized spacial score (nSPS) is 29.6. The molecule has 1 unspecified atom stereocenters. The van der Waals surface area contributed by atoms with Crippen LogP contribution >= 0.6 is 11.6 Å². The molecule has 1 saturated carbocycles. The molecule has 3 aromatic heterocycles. The maximum absolute atomic E-state index is 14.2. The highest BCUT2D eigenvalue weighted by molar-refractivity contribution is 7.94. The summed E-state index contributed by atoms with van der Waals surface area (Å²) >= 11 is 6.37. The van der Waals surface area contributed by atoms with E-state index in [1.54, 1.807) is 0 Å². The molecular weight excluding hydrogens is 472 g/mol. The molecular formula is C24H29ClN6O2S. The fraction of sp³-hybridized carbons (Fsp3) is 0.542. The van der Waals surface area contributed by atoms with Gasteiger partial charge in [-0.3, -0.25) is 0 Å². The second-order valence-corrected chi connectivity index (χ2v) is 13.0. The van der Waals surface area contributed by atoms with E-state index in [4.69, 9.17) is 30.7 Å². The Labute approximate surface area is 204 Å². The maximum Gasteiger partial charge on any atom is 0.162 e. The van der Waals surface area contributed by atoms with Gasteiger partial charge >= 0.3 is 0 Å². The summed E-state index contributed by atoms with van der Waals surface area (Å²) in [5.74, 6) is 2.03. The predicted octanol–water partition coefficient (Wildman–Crippen LogP) is 4.54. The number of hydrogen-bond acceptors (Lipinski definition) is 7. The number of morpholine rings is 1. The van der Waals surface area contributed by atoms with E-state index < -0.39 is 14.5 Å². The molecule has 1 N–H and O–H groups in total. The van der Waals surface area contributed by atoms with E-state index in [0.717, 1.165) is 54.7 Å². The lowest BCUT2D eigenvalue weighted by Gasteiger charge is -2.35. The highest BCUT2D eigenvalue weighted by Gasteiger charge is 2.46. The number of hydrogen-bond donors (Lipinski definition) is 1. The molecule has 0 aromatic carbocycles. The standard InChI is InChI=1S/C24H29ClN6O2S/c1-15-14-33-10-9-31(15)21-13-19(24(2)7-3-11-34(24,32)30-16-4-5-16)27-23(29-21)18-12-20(25)28-22-17(18)6-8-26-22/h6,8,12-13,15-16H,3-5,7,9-11,14H2,1-2H3,(H,26,28)/t15-,24-,34?/m1/s1. The summed E-state index contributed by atoms with van der Waals surface area (Å²) in [4.78, 5) is 19.9. The van der Waals surface area contributed by atoms with Gasteiger partial charge in [-0.25, -0.2) is 23.5 Å². The third-order valence-corrected chi connectivity index (χ3v) is 10.8. The van der Waals surface area contributed by atoms with Crippen molar-refractivity contribution >= 4 is 38.2 Å². The van der Waals surface area contributed by atoms with Crippen molar-refractivity contribution in [2.24, 2.45) is 4.36 Å². The third kappa shape index (κ3) is 3.69. The average Bonchev–Trinajstić information content (AvgIpc) is 3.40. The Morgan fingerprint density at radius 3 is 2.94 bits per heavy atom. The summed E-state index contributed by atoms with van der Waals surface area (Å²) < 4.78 is 24.1. The maximum atomic E-state index is 14.2. The van der Waals surface area contributed by atoms with Crippen LogP contribution in [-0.2, 0) is 19.2 Å². The summed E-state index contributed by atoms with van der Waals surface area (Å²) in [5, 5.41) is 1.28. The lowest BCUT2D eigenvalue weighted by Crippen LogP contribution is -2.44. The zero-order valence-electron chi connectivity index (χ0n) is 19.5. The van der Waals surface area contributed by atoms with E-state index in [-0.39, 0.29) is 12.1 Å². The Bertz CT molecular complexity index is 1380. The molecule has 6 rings (SSSR count). The van der Waals surface area contributed by atoms with E-state index in [1.807, 2.05) is 24.4 Å². The summed E-state index contributed by atoms with van der Waals surface area (Å²) in [7, 11) is -2.44. The average molecular weight is 501 g/mol. The van der Waals surface area contributed by atoms with Crippen molar-refractivity contribution in [2.75, 3.05) is 30.4 Å². The SMILES string of the molecule is C[C@@H]1COCCN1c1cc([C@@]2(C)CCCS2(=O)=NC2CC2)nc(-c2cc(Cl)nc3[nH]ccc23)n1. The molecule has 3 aliphatic rings. The van der Waals surface area contributed by atoms with Gasteiger partial charge in [-0.05, 0) is 51.7 Å². The molecule has 180 valence electrons. The first-order valence-corrected chi connectivity index (χ1v) is 14.0. The number of halogens is 1. The fourth-order valence-electron chi connectivity index (χ4n) is 5.10. The van der Waals surface area contributed by atoms with Crippen LogP contribution < -0.4 is 4.90 Å². The minimum Gasteiger partial charge on any atom is -0.377 e. The van der Waals surface area contributed by atoms with Gasteiger partial charge in [0.25, 0.3) is 0 Å². The molecule has 2 saturated heterocycles. The van der Waals surface area contributed by atoms with Crippen LogP contribution in [0, 0.1) is 0 Å². The van der Waals surface area contributed by atoms with E-state index >= 15 is 0 Å². The molecule has 34 heavy (non-hydrogen) atoms. The summed E-state index contributed by atoms with van der Waals surface area (Å²) in [6.45, 7) is 6.25. The molecule has 0 spiro atoms. The number of ether oxygens (including phenoxy) is 1. The molecule has 3 fully saturated rings. The Morgan fingerprint density at radius 2 is 2.15 bits per heavy atom. The topological polar surface area (TPSA) is 96.4 Å². The van der Waals surface area contributed by atoms with Crippen LogP contribution in [0.4, 0.5) is 5.82 Å². The summed E-state index contributed by atoms with van der Waals surface area (Å²) in [6.07, 6.45) is 5.61. The number of pyridine rings is 1. The molecule has 3 aromatic rings. The lowest BCUT2D eigenvalue weighted by atomic mass is 10.0. The molecule has 3 atom stereocenters. The van der Waals surface area contributed by atoms with E-state index in [0.29, 0.717) is 35.6 Å². The molecule has 8 nitrogen and oxygen atoms in total. The van der Waals surface area contributed by atoms with E-state index in [9.17, 15) is 4.21 Å². The Morgan fingerprint density at radius 1 is 1.29 bits per heavy atom.